The molecule has 0 spiro atoms. The van der Waals surface area contributed by atoms with Crippen LogP contribution in [-0.2, 0) is 4.79 Å². The van der Waals surface area contributed by atoms with Crippen molar-refractivity contribution in [3.63, 3.8) is 0 Å². The lowest BCUT2D eigenvalue weighted by molar-refractivity contribution is -0.114. The lowest BCUT2D eigenvalue weighted by atomic mass is 9.98. The van der Waals surface area contributed by atoms with Gasteiger partial charge in [0.05, 0.1) is 0 Å². The van der Waals surface area contributed by atoms with E-state index in [0.29, 0.717) is 17.2 Å². The van der Waals surface area contributed by atoms with Crippen LogP contribution in [0.5, 0.6) is 0 Å². The topological polar surface area (TPSA) is 49.4 Å². The van der Waals surface area contributed by atoms with Crippen molar-refractivity contribution in [2.45, 2.75) is 24.7 Å². The molecule has 1 heterocycles. The fourth-order valence-corrected chi connectivity index (χ4v) is 4.23. The second kappa shape index (κ2) is 8.90. The number of amides is 2. The van der Waals surface area contributed by atoms with Crippen LogP contribution in [0, 0.1) is 5.92 Å². The van der Waals surface area contributed by atoms with E-state index in [1.54, 1.807) is 24.3 Å². The summed E-state index contributed by atoms with van der Waals surface area (Å²) >= 11 is 1.90. The summed E-state index contributed by atoms with van der Waals surface area (Å²) in [7, 11) is 0. The molecule has 136 valence electrons. The summed E-state index contributed by atoms with van der Waals surface area (Å²) in [5, 5.41) is 2.72. The van der Waals surface area contributed by atoms with Gasteiger partial charge in [-0.05, 0) is 55.2 Å². The van der Waals surface area contributed by atoms with Crippen LogP contribution in [0.15, 0.2) is 59.5 Å². The van der Waals surface area contributed by atoms with E-state index in [1.165, 1.54) is 11.8 Å². The first kappa shape index (κ1) is 18.5. The fourth-order valence-electron chi connectivity index (χ4n) is 3.12. The molecule has 4 nitrogen and oxygen atoms in total. The monoisotopic (exact) mass is 368 g/mol. The number of nitrogens with zero attached hydrogens (tertiary/aromatic N) is 1. The molecule has 1 N–H and O–H groups in total. The largest absolute Gasteiger partial charge is 0.339 e. The first-order valence-electron chi connectivity index (χ1n) is 8.96. The van der Waals surface area contributed by atoms with Gasteiger partial charge in [-0.2, -0.15) is 0 Å². The summed E-state index contributed by atoms with van der Waals surface area (Å²) in [6.45, 7) is 3.10. The standard InChI is InChI=1S/C21H24N2O2S/c1-16(24)22-19-9-7-18(8-10-19)21(25)23-13-11-17(12-14-23)15-26-20-5-3-2-4-6-20/h2-10,17H,11-15H2,1H3,(H,22,24). The van der Waals surface area contributed by atoms with Gasteiger partial charge >= 0.3 is 0 Å². The van der Waals surface area contributed by atoms with Crippen LogP contribution in [0.25, 0.3) is 0 Å². The third-order valence-electron chi connectivity index (χ3n) is 4.58. The maximum Gasteiger partial charge on any atom is 0.253 e. The zero-order chi connectivity index (χ0) is 18.4. The quantitative estimate of drug-likeness (QED) is 0.801. The predicted octanol–water partition coefficient (Wildman–Crippen LogP) is 4.29. The number of carbonyl (C=O) groups excluding carboxylic acids is 2. The molecule has 0 saturated carbocycles. The van der Waals surface area contributed by atoms with Gasteiger partial charge in [0.15, 0.2) is 0 Å². The van der Waals surface area contributed by atoms with Crippen LogP contribution in [0.2, 0.25) is 0 Å². The van der Waals surface area contributed by atoms with Crippen molar-refractivity contribution in [2.75, 3.05) is 24.2 Å². The first-order chi connectivity index (χ1) is 12.6. The van der Waals surface area contributed by atoms with E-state index in [2.05, 4.69) is 29.6 Å². The van der Waals surface area contributed by atoms with Gasteiger partial charge in [-0.1, -0.05) is 18.2 Å². The Morgan fingerprint density at radius 3 is 2.31 bits per heavy atom. The Kier molecular flexibility index (Phi) is 6.34. The van der Waals surface area contributed by atoms with Crippen LogP contribution in [-0.4, -0.2) is 35.6 Å². The lowest BCUT2D eigenvalue weighted by Crippen LogP contribution is -2.39. The van der Waals surface area contributed by atoms with Crippen molar-refractivity contribution in [1.29, 1.82) is 0 Å². The van der Waals surface area contributed by atoms with E-state index < -0.39 is 0 Å². The molecule has 3 rings (SSSR count). The van der Waals surface area contributed by atoms with E-state index in [0.717, 1.165) is 31.7 Å². The zero-order valence-corrected chi connectivity index (χ0v) is 15.8. The van der Waals surface area contributed by atoms with Gasteiger partial charge in [0, 0.05) is 41.9 Å². The van der Waals surface area contributed by atoms with Crippen LogP contribution in [0.1, 0.15) is 30.1 Å². The minimum absolute atomic E-state index is 0.0773. The van der Waals surface area contributed by atoms with Crippen molar-refractivity contribution >= 4 is 29.3 Å². The van der Waals surface area contributed by atoms with Crippen molar-refractivity contribution < 1.29 is 9.59 Å². The van der Waals surface area contributed by atoms with Crippen LogP contribution in [0.4, 0.5) is 5.69 Å². The molecule has 0 atom stereocenters. The van der Waals surface area contributed by atoms with Gasteiger partial charge in [-0.25, -0.2) is 0 Å². The third kappa shape index (κ3) is 5.11. The molecule has 0 unspecified atom stereocenters. The number of hydrogen-bond acceptors (Lipinski definition) is 3. The predicted molar refractivity (Wildman–Crippen MR) is 107 cm³/mol. The fraction of sp³-hybridized carbons (Fsp3) is 0.333. The molecular weight excluding hydrogens is 344 g/mol. The molecule has 5 heteroatoms. The number of likely N-dealkylation sites (tertiary alicyclic amines) is 1. The number of thioether (sulfide) groups is 1. The SMILES string of the molecule is CC(=O)Nc1ccc(C(=O)N2CCC(CSc3ccccc3)CC2)cc1. The number of benzene rings is 2. The highest BCUT2D eigenvalue weighted by Gasteiger charge is 2.23. The summed E-state index contributed by atoms with van der Waals surface area (Å²) in [6.07, 6.45) is 2.10. The summed E-state index contributed by atoms with van der Waals surface area (Å²) in [4.78, 5) is 27.0. The molecule has 26 heavy (non-hydrogen) atoms. The van der Waals surface area contributed by atoms with Crippen LogP contribution < -0.4 is 5.32 Å². The van der Waals surface area contributed by atoms with E-state index in [-0.39, 0.29) is 11.8 Å². The van der Waals surface area contributed by atoms with Gasteiger partial charge < -0.3 is 10.2 Å². The first-order valence-corrected chi connectivity index (χ1v) is 9.95. The lowest BCUT2D eigenvalue weighted by Gasteiger charge is -2.32. The molecule has 0 radical (unpaired) electrons. The van der Waals surface area contributed by atoms with Crippen LogP contribution >= 0.6 is 11.8 Å². The Labute approximate surface area is 159 Å². The van der Waals surface area contributed by atoms with E-state index in [1.807, 2.05) is 22.7 Å². The number of nitrogens with one attached hydrogen (secondary N) is 1. The van der Waals surface area contributed by atoms with E-state index in [9.17, 15) is 9.59 Å². The Bertz CT molecular complexity index is 738. The average Bonchev–Trinajstić information content (AvgIpc) is 2.67. The Balaban J connectivity index is 1.48. The minimum atomic E-state index is -0.112. The van der Waals surface area contributed by atoms with Crippen molar-refractivity contribution in [3.05, 3.63) is 60.2 Å². The average molecular weight is 369 g/mol. The molecule has 0 aromatic heterocycles. The Hall–Kier alpha value is -2.27. The van der Waals surface area contributed by atoms with Gasteiger partial charge in [0.1, 0.15) is 0 Å². The highest BCUT2D eigenvalue weighted by atomic mass is 32.2. The number of hydrogen-bond donors (Lipinski definition) is 1. The van der Waals surface area contributed by atoms with Crippen molar-refractivity contribution in [2.24, 2.45) is 5.92 Å². The third-order valence-corrected chi connectivity index (χ3v) is 5.83. The molecule has 1 aliphatic heterocycles. The maximum atomic E-state index is 12.7. The summed E-state index contributed by atoms with van der Waals surface area (Å²) in [5.41, 5.74) is 1.39. The molecule has 1 fully saturated rings. The van der Waals surface area contributed by atoms with Gasteiger partial charge in [-0.15, -0.1) is 11.8 Å². The number of piperidine rings is 1. The van der Waals surface area contributed by atoms with Crippen molar-refractivity contribution in [3.8, 4) is 0 Å². The van der Waals surface area contributed by atoms with E-state index >= 15 is 0 Å². The highest BCUT2D eigenvalue weighted by molar-refractivity contribution is 7.99. The molecule has 2 amide bonds. The Morgan fingerprint density at radius 1 is 1.04 bits per heavy atom. The molecular formula is C21H24N2O2S. The summed E-state index contributed by atoms with van der Waals surface area (Å²) in [5.74, 6) is 1.73. The molecule has 2 aromatic carbocycles. The molecule has 0 bridgehead atoms. The van der Waals surface area contributed by atoms with Gasteiger partial charge in [0.25, 0.3) is 5.91 Å². The Morgan fingerprint density at radius 2 is 1.69 bits per heavy atom. The number of rotatable bonds is 5. The van der Waals surface area contributed by atoms with Crippen molar-refractivity contribution in [1.82, 2.24) is 4.90 Å². The van der Waals surface area contributed by atoms with Gasteiger partial charge in [-0.3, -0.25) is 9.59 Å². The molecule has 0 aliphatic carbocycles. The number of anilines is 1. The molecule has 1 aliphatic rings. The van der Waals surface area contributed by atoms with Crippen LogP contribution in [0.3, 0.4) is 0 Å². The second-order valence-electron chi connectivity index (χ2n) is 6.62. The minimum Gasteiger partial charge on any atom is -0.339 e. The van der Waals surface area contributed by atoms with E-state index in [4.69, 9.17) is 0 Å². The highest BCUT2D eigenvalue weighted by Crippen LogP contribution is 2.27. The summed E-state index contributed by atoms with van der Waals surface area (Å²) < 4.78 is 0. The maximum absolute atomic E-state index is 12.7. The normalized spacial score (nSPS) is 14.9. The summed E-state index contributed by atoms with van der Waals surface area (Å²) in [6, 6.07) is 17.6. The second-order valence-corrected chi connectivity index (χ2v) is 7.71. The smallest absolute Gasteiger partial charge is 0.253 e. The van der Waals surface area contributed by atoms with Gasteiger partial charge in [0.2, 0.25) is 5.91 Å². The zero-order valence-electron chi connectivity index (χ0n) is 15.0. The number of carbonyl (C=O) groups is 2. The molecule has 2 aromatic rings. The molecule has 1 saturated heterocycles.